The summed E-state index contributed by atoms with van der Waals surface area (Å²) in [6, 6.07) is 0. The van der Waals surface area contributed by atoms with Crippen molar-refractivity contribution < 1.29 is 0 Å². The van der Waals surface area contributed by atoms with Crippen molar-refractivity contribution in [2.24, 2.45) is 11.7 Å². The molecule has 1 fully saturated rings. The number of nitrogens with two attached hydrogens (primary N) is 1. The maximum absolute atomic E-state index is 12.4. The third-order valence-corrected chi connectivity index (χ3v) is 4.06. The van der Waals surface area contributed by atoms with E-state index in [1.807, 2.05) is 0 Å². The molecule has 0 radical (unpaired) electrons. The average molecular weight is 278 g/mol. The molecule has 0 spiro atoms. The summed E-state index contributed by atoms with van der Waals surface area (Å²) in [5, 5.41) is 3.36. The number of aromatic nitrogens is 2. The van der Waals surface area contributed by atoms with Crippen molar-refractivity contribution in [3.8, 4) is 0 Å². The van der Waals surface area contributed by atoms with Gasteiger partial charge in [0.05, 0.1) is 5.54 Å². The lowest BCUT2D eigenvalue weighted by atomic mass is 9.82. The lowest BCUT2D eigenvalue weighted by Crippen LogP contribution is -2.48. The van der Waals surface area contributed by atoms with Gasteiger partial charge in [-0.05, 0) is 18.8 Å². The Labute approximate surface area is 120 Å². The minimum Gasteiger partial charge on any atom is -0.359 e. The normalized spacial score (nSPS) is 18.2. The SMILES string of the molecule is CC(C)Cn1ccnc(NC2(CN)CCCCC2)c1=O. The van der Waals surface area contributed by atoms with Crippen LogP contribution in [-0.2, 0) is 6.54 Å². The summed E-state index contributed by atoms with van der Waals surface area (Å²) in [4.78, 5) is 16.7. The third kappa shape index (κ3) is 3.39. The topological polar surface area (TPSA) is 72.9 Å². The Bertz CT molecular complexity index is 489. The molecule has 0 unspecified atom stereocenters. The van der Waals surface area contributed by atoms with E-state index in [4.69, 9.17) is 5.73 Å². The van der Waals surface area contributed by atoms with E-state index in [2.05, 4.69) is 24.1 Å². The summed E-state index contributed by atoms with van der Waals surface area (Å²) in [6.07, 6.45) is 9.06. The molecule has 1 aliphatic carbocycles. The predicted octanol–water partition coefficient (Wildman–Crippen LogP) is 1.97. The monoisotopic (exact) mass is 278 g/mol. The second-order valence-corrected chi connectivity index (χ2v) is 6.30. The molecule has 1 aromatic rings. The molecule has 112 valence electrons. The Kier molecular flexibility index (Phi) is 4.81. The fourth-order valence-corrected chi connectivity index (χ4v) is 2.93. The van der Waals surface area contributed by atoms with Gasteiger partial charge in [0, 0.05) is 25.5 Å². The van der Waals surface area contributed by atoms with E-state index in [9.17, 15) is 4.79 Å². The molecule has 0 atom stereocenters. The molecule has 5 heteroatoms. The molecular formula is C15H26N4O. The van der Waals surface area contributed by atoms with Crippen LogP contribution in [0.4, 0.5) is 5.82 Å². The molecule has 1 aromatic heterocycles. The Hall–Kier alpha value is -1.36. The van der Waals surface area contributed by atoms with Crippen molar-refractivity contribution >= 4 is 5.82 Å². The first kappa shape index (κ1) is 15.0. The number of rotatable bonds is 5. The van der Waals surface area contributed by atoms with Gasteiger partial charge in [-0.25, -0.2) is 4.98 Å². The maximum atomic E-state index is 12.4. The molecule has 0 aromatic carbocycles. The van der Waals surface area contributed by atoms with Crippen LogP contribution < -0.4 is 16.6 Å². The van der Waals surface area contributed by atoms with Crippen LogP contribution in [0.5, 0.6) is 0 Å². The predicted molar refractivity (Wildman–Crippen MR) is 81.8 cm³/mol. The van der Waals surface area contributed by atoms with Crippen molar-refractivity contribution in [1.29, 1.82) is 0 Å². The van der Waals surface area contributed by atoms with Crippen molar-refractivity contribution in [1.82, 2.24) is 9.55 Å². The van der Waals surface area contributed by atoms with Crippen LogP contribution >= 0.6 is 0 Å². The molecule has 1 heterocycles. The van der Waals surface area contributed by atoms with Gasteiger partial charge in [0.15, 0.2) is 5.82 Å². The van der Waals surface area contributed by atoms with E-state index in [0.717, 1.165) is 25.7 Å². The molecule has 0 bridgehead atoms. The second-order valence-electron chi connectivity index (χ2n) is 6.30. The molecule has 20 heavy (non-hydrogen) atoms. The molecule has 0 saturated heterocycles. The van der Waals surface area contributed by atoms with Crippen LogP contribution in [0.3, 0.4) is 0 Å². The van der Waals surface area contributed by atoms with Crippen molar-refractivity contribution in [2.45, 2.75) is 58.0 Å². The molecule has 0 aliphatic heterocycles. The van der Waals surface area contributed by atoms with Gasteiger partial charge < -0.3 is 15.6 Å². The van der Waals surface area contributed by atoms with Gasteiger partial charge in [-0.15, -0.1) is 0 Å². The number of anilines is 1. The Morgan fingerprint density at radius 3 is 2.70 bits per heavy atom. The van der Waals surface area contributed by atoms with Crippen LogP contribution in [0.2, 0.25) is 0 Å². The zero-order valence-electron chi connectivity index (χ0n) is 12.6. The maximum Gasteiger partial charge on any atom is 0.293 e. The Morgan fingerprint density at radius 2 is 2.10 bits per heavy atom. The van der Waals surface area contributed by atoms with Crippen LogP contribution in [0, 0.1) is 5.92 Å². The fourth-order valence-electron chi connectivity index (χ4n) is 2.93. The molecule has 1 aliphatic rings. The lowest BCUT2D eigenvalue weighted by Gasteiger charge is -2.37. The zero-order chi connectivity index (χ0) is 14.6. The third-order valence-electron chi connectivity index (χ3n) is 4.06. The first-order valence-corrected chi connectivity index (χ1v) is 7.60. The van der Waals surface area contributed by atoms with Crippen LogP contribution in [0.15, 0.2) is 17.2 Å². The average Bonchev–Trinajstić information content (AvgIpc) is 2.44. The molecule has 5 nitrogen and oxygen atoms in total. The van der Waals surface area contributed by atoms with Crippen LogP contribution in [-0.4, -0.2) is 21.6 Å². The van der Waals surface area contributed by atoms with Gasteiger partial charge in [-0.3, -0.25) is 4.79 Å². The van der Waals surface area contributed by atoms with Gasteiger partial charge in [0.1, 0.15) is 0 Å². The summed E-state index contributed by atoms with van der Waals surface area (Å²) < 4.78 is 1.73. The number of hydrogen-bond acceptors (Lipinski definition) is 4. The standard InChI is InChI=1S/C15H26N4O/c1-12(2)10-19-9-8-17-13(14(19)20)18-15(11-16)6-4-3-5-7-15/h8-9,12H,3-7,10-11,16H2,1-2H3,(H,17,18). The highest BCUT2D eigenvalue weighted by atomic mass is 16.1. The van der Waals surface area contributed by atoms with E-state index in [1.165, 1.54) is 6.42 Å². The Morgan fingerprint density at radius 1 is 1.40 bits per heavy atom. The number of hydrogen-bond donors (Lipinski definition) is 2. The zero-order valence-corrected chi connectivity index (χ0v) is 12.6. The first-order chi connectivity index (χ1) is 9.56. The highest BCUT2D eigenvalue weighted by Crippen LogP contribution is 2.29. The van der Waals surface area contributed by atoms with Gasteiger partial charge in [-0.1, -0.05) is 33.1 Å². The summed E-state index contributed by atoms with van der Waals surface area (Å²) in [5.74, 6) is 0.876. The van der Waals surface area contributed by atoms with Crippen LogP contribution in [0.25, 0.3) is 0 Å². The van der Waals surface area contributed by atoms with E-state index in [0.29, 0.717) is 24.8 Å². The van der Waals surface area contributed by atoms with Crippen molar-refractivity contribution in [2.75, 3.05) is 11.9 Å². The smallest absolute Gasteiger partial charge is 0.293 e. The first-order valence-electron chi connectivity index (χ1n) is 7.60. The number of nitrogens with zero attached hydrogens (tertiary/aromatic N) is 2. The van der Waals surface area contributed by atoms with E-state index < -0.39 is 0 Å². The minimum atomic E-state index is -0.151. The summed E-state index contributed by atoms with van der Waals surface area (Å²) in [6.45, 7) is 5.46. The van der Waals surface area contributed by atoms with Crippen LogP contribution in [0.1, 0.15) is 46.0 Å². The molecule has 3 N–H and O–H groups in total. The van der Waals surface area contributed by atoms with Crippen molar-refractivity contribution in [3.05, 3.63) is 22.7 Å². The fraction of sp³-hybridized carbons (Fsp3) is 0.733. The Balaban J connectivity index is 2.22. The number of nitrogens with one attached hydrogen (secondary N) is 1. The summed E-state index contributed by atoms with van der Waals surface area (Å²) in [7, 11) is 0. The molecule has 0 amide bonds. The van der Waals surface area contributed by atoms with Gasteiger partial charge >= 0.3 is 0 Å². The van der Waals surface area contributed by atoms with Crippen molar-refractivity contribution in [3.63, 3.8) is 0 Å². The summed E-state index contributed by atoms with van der Waals surface area (Å²) in [5.41, 5.74) is 5.76. The van der Waals surface area contributed by atoms with E-state index >= 15 is 0 Å². The highest BCUT2D eigenvalue weighted by Gasteiger charge is 2.31. The van der Waals surface area contributed by atoms with Gasteiger partial charge in [-0.2, -0.15) is 0 Å². The van der Waals surface area contributed by atoms with E-state index in [-0.39, 0.29) is 11.1 Å². The molecule has 2 rings (SSSR count). The molecular weight excluding hydrogens is 252 g/mol. The largest absolute Gasteiger partial charge is 0.359 e. The lowest BCUT2D eigenvalue weighted by molar-refractivity contribution is 0.329. The quantitative estimate of drug-likeness (QED) is 0.863. The highest BCUT2D eigenvalue weighted by molar-refractivity contribution is 5.35. The van der Waals surface area contributed by atoms with Gasteiger partial charge in [0.25, 0.3) is 5.56 Å². The van der Waals surface area contributed by atoms with E-state index in [1.54, 1.807) is 17.0 Å². The minimum absolute atomic E-state index is 0.0420. The molecule has 1 saturated carbocycles. The second kappa shape index (κ2) is 6.39. The van der Waals surface area contributed by atoms with Gasteiger partial charge in [0.2, 0.25) is 0 Å². The summed E-state index contributed by atoms with van der Waals surface area (Å²) >= 11 is 0.